The molecule has 0 spiro atoms. The van der Waals surface area contributed by atoms with E-state index in [0.717, 1.165) is 33.2 Å². The van der Waals surface area contributed by atoms with Gasteiger partial charge in [-0.1, -0.05) is 109 Å². The molecule has 0 saturated carbocycles. The fourth-order valence-corrected chi connectivity index (χ4v) is 5.81. The smallest absolute Gasteiger partial charge is 0.256 e. The Labute approximate surface area is 246 Å². The topological polar surface area (TPSA) is 51.6 Å². The molecule has 0 unspecified atom stereocenters. The predicted molar refractivity (Wildman–Crippen MR) is 165 cm³/mol. The van der Waals surface area contributed by atoms with Crippen LogP contribution in [-0.4, -0.2) is 19.9 Å². The maximum atomic E-state index is 15.8. The molecule has 0 radical (unpaired) electrons. The van der Waals surface area contributed by atoms with E-state index in [0.29, 0.717) is 34.2 Å². The predicted octanol–water partition coefficient (Wildman–Crippen LogP) is 9.21. The minimum Gasteiger partial charge on any atom is -0.256 e. The number of fused-ring (bicyclic) bond motifs is 4. The first-order chi connectivity index (χ1) is 21.1. The van der Waals surface area contributed by atoms with E-state index in [4.69, 9.17) is 15.0 Å². The number of hydrogen-bond donors (Lipinski definition) is 0. The van der Waals surface area contributed by atoms with Crippen LogP contribution in [0.3, 0.4) is 0 Å². The van der Waals surface area contributed by atoms with Gasteiger partial charge in [0.1, 0.15) is 0 Å². The van der Waals surface area contributed by atoms with Crippen molar-refractivity contribution in [3.8, 4) is 56.4 Å². The van der Waals surface area contributed by atoms with E-state index >= 15 is 8.78 Å². The lowest BCUT2D eigenvalue weighted by Crippen LogP contribution is -2.10. The zero-order chi connectivity index (χ0) is 29.0. The maximum Gasteiger partial charge on any atom is 0.299 e. The summed E-state index contributed by atoms with van der Waals surface area (Å²) < 4.78 is 31.5. The maximum absolute atomic E-state index is 15.8. The van der Waals surface area contributed by atoms with Crippen molar-refractivity contribution in [3.05, 3.63) is 145 Å². The average molecular weight is 561 g/mol. The summed E-state index contributed by atoms with van der Waals surface area (Å²) in [4.78, 5) is 18.9. The zero-order valence-corrected chi connectivity index (χ0v) is 22.7. The molecule has 6 heteroatoms. The lowest BCUT2D eigenvalue weighted by Gasteiger charge is -2.13. The Kier molecular flexibility index (Phi) is 5.69. The number of pyridine rings is 1. The van der Waals surface area contributed by atoms with Crippen molar-refractivity contribution in [2.75, 3.05) is 0 Å². The van der Waals surface area contributed by atoms with E-state index in [9.17, 15) is 0 Å². The van der Waals surface area contributed by atoms with E-state index in [1.807, 2.05) is 97.1 Å². The number of halogens is 2. The van der Waals surface area contributed by atoms with Gasteiger partial charge in [0, 0.05) is 45.0 Å². The van der Waals surface area contributed by atoms with Gasteiger partial charge in [-0.2, -0.15) is 8.78 Å². The van der Waals surface area contributed by atoms with Gasteiger partial charge in [-0.05, 0) is 34.9 Å². The van der Waals surface area contributed by atoms with Crippen LogP contribution in [-0.2, 0) is 5.92 Å². The Balaban J connectivity index is 1.30. The van der Waals surface area contributed by atoms with Crippen molar-refractivity contribution in [1.82, 2.24) is 19.9 Å². The molecule has 7 aromatic rings. The minimum absolute atomic E-state index is 0.0119. The molecule has 2 aromatic heterocycles. The van der Waals surface area contributed by atoms with E-state index in [-0.39, 0.29) is 11.1 Å². The second kappa shape index (κ2) is 9.74. The number of para-hydroxylation sites is 1. The molecule has 0 aliphatic heterocycles. The molecular formula is C37H22F2N4. The molecule has 5 aromatic carbocycles. The summed E-state index contributed by atoms with van der Waals surface area (Å²) in [6.07, 6.45) is 1.75. The highest BCUT2D eigenvalue weighted by atomic mass is 19.3. The largest absolute Gasteiger partial charge is 0.299 e. The van der Waals surface area contributed by atoms with Gasteiger partial charge in [0.15, 0.2) is 17.5 Å². The molecule has 43 heavy (non-hydrogen) atoms. The van der Waals surface area contributed by atoms with Gasteiger partial charge in [-0.15, -0.1) is 0 Å². The van der Waals surface area contributed by atoms with E-state index in [2.05, 4.69) is 4.98 Å². The van der Waals surface area contributed by atoms with Gasteiger partial charge >= 0.3 is 0 Å². The number of hydrogen-bond acceptors (Lipinski definition) is 4. The summed E-state index contributed by atoms with van der Waals surface area (Å²) in [5.41, 5.74) is 5.79. The highest BCUT2D eigenvalue weighted by Crippen LogP contribution is 2.52. The van der Waals surface area contributed by atoms with E-state index < -0.39 is 5.92 Å². The van der Waals surface area contributed by atoms with Crippen LogP contribution in [0.4, 0.5) is 8.78 Å². The summed E-state index contributed by atoms with van der Waals surface area (Å²) in [6.45, 7) is 0. The van der Waals surface area contributed by atoms with Crippen LogP contribution in [0, 0.1) is 0 Å². The Morgan fingerprint density at radius 3 is 1.60 bits per heavy atom. The van der Waals surface area contributed by atoms with Gasteiger partial charge < -0.3 is 0 Å². The third-order valence-electron chi connectivity index (χ3n) is 7.91. The van der Waals surface area contributed by atoms with Gasteiger partial charge in [0.25, 0.3) is 5.92 Å². The Bertz CT molecular complexity index is 2100. The highest BCUT2D eigenvalue weighted by Gasteiger charge is 2.44. The first kappa shape index (κ1) is 25.1. The summed E-state index contributed by atoms with van der Waals surface area (Å²) in [6, 6.07) is 39.3. The first-order valence-electron chi connectivity index (χ1n) is 13.9. The van der Waals surface area contributed by atoms with Crippen molar-refractivity contribution in [1.29, 1.82) is 0 Å². The molecule has 0 N–H and O–H groups in total. The number of benzene rings is 5. The van der Waals surface area contributed by atoms with Crippen LogP contribution in [0.25, 0.3) is 67.3 Å². The Hall–Kier alpha value is -5.62. The van der Waals surface area contributed by atoms with Crippen molar-refractivity contribution < 1.29 is 8.78 Å². The van der Waals surface area contributed by atoms with Gasteiger partial charge in [-0.25, -0.2) is 15.0 Å². The quantitative estimate of drug-likeness (QED) is 0.215. The van der Waals surface area contributed by atoms with Gasteiger partial charge in [0.05, 0.1) is 5.52 Å². The third kappa shape index (κ3) is 4.18. The third-order valence-corrected chi connectivity index (χ3v) is 7.91. The summed E-state index contributed by atoms with van der Waals surface area (Å²) in [7, 11) is 0. The molecule has 2 heterocycles. The highest BCUT2D eigenvalue weighted by molar-refractivity contribution is 5.95. The molecule has 0 atom stereocenters. The minimum atomic E-state index is -3.12. The van der Waals surface area contributed by atoms with Crippen LogP contribution in [0.1, 0.15) is 11.1 Å². The van der Waals surface area contributed by atoms with Crippen LogP contribution in [0.2, 0.25) is 0 Å². The molecule has 1 aliphatic rings. The fraction of sp³-hybridized carbons (Fsp3) is 0.0270. The molecule has 4 nitrogen and oxygen atoms in total. The van der Waals surface area contributed by atoms with Crippen molar-refractivity contribution in [2.45, 2.75) is 5.92 Å². The van der Waals surface area contributed by atoms with Gasteiger partial charge in [-0.3, -0.25) is 4.98 Å². The molecule has 0 bridgehead atoms. The summed E-state index contributed by atoms with van der Waals surface area (Å²) in [5.74, 6) is -1.67. The SMILES string of the molecule is FC1(F)c2ccc(-c3nc(-c4ccccc4)nc(-c4ccccc4)n3)cc2-c2cc(-c3cccc4cccnc34)ccc21. The van der Waals surface area contributed by atoms with Crippen LogP contribution in [0.15, 0.2) is 134 Å². The molecule has 1 aliphatic carbocycles. The molecular weight excluding hydrogens is 538 g/mol. The van der Waals surface area contributed by atoms with E-state index in [1.165, 1.54) is 12.1 Å². The standard InChI is InChI=1S/C37H22F2N4/c38-37(39)31-18-16-26(28-15-7-13-23-14-8-20-40-33(23)28)21-29(31)30-22-27(17-19-32(30)37)36-42-34(24-9-3-1-4-10-24)41-35(43-36)25-11-5-2-6-12-25/h1-22H. The lowest BCUT2D eigenvalue weighted by molar-refractivity contribution is 0.0480. The summed E-state index contributed by atoms with van der Waals surface area (Å²) in [5, 5.41) is 0.992. The van der Waals surface area contributed by atoms with Crippen LogP contribution >= 0.6 is 0 Å². The normalized spacial score (nSPS) is 13.1. The Morgan fingerprint density at radius 2 is 0.977 bits per heavy atom. The zero-order valence-electron chi connectivity index (χ0n) is 22.7. The molecule has 0 fully saturated rings. The average Bonchev–Trinajstić information content (AvgIpc) is 3.30. The van der Waals surface area contributed by atoms with Crippen LogP contribution < -0.4 is 0 Å². The number of rotatable bonds is 4. The lowest BCUT2D eigenvalue weighted by atomic mass is 9.96. The number of alkyl halides is 2. The monoisotopic (exact) mass is 560 g/mol. The summed E-state index contributed by atoms with van der Waals surface area (Å²) >= 11 is 0. The van der Waals surface area contributed by atoms with Crippen molar-refractivity contribution in [2.24, 2.45) is 0 Å². The fourth-order valence-electron chi connectivity index (χ4n) is 5.81. The second-order valence-corrected chi connectivity index (χ2v) is 10.5. The number of aromatic nitrogens is 4. The molecule has 204 valence electrons. The first-order valence-corrected chi connectivity index (χ1v) is 13.9. The molecule has 0 amide bonds. The second-order valence-electron chi connectivity index (χ2n) is 10.5. The van der Waals surface area contributed by atoms with Crippen LogP contribution in [0.5, 0.6) is 0 Å². The molecule has 0 saturated heterocycles. The van der Waals surface area contributed by atoms with Gasteiger partial charge in [0.2, 0.25) is 0 Å². The molecule has 8 rings (SSSR count). The van der Waals surface area contributed by atoms with Crippen molar-refractivity contribution in [3.63, 3.8) is 0 Å². The van der Waals surface area contributed by atoms with E-state index in [1.54, 1.807) is 24.4 Å². The Morgan fingerprint density at radius 1 is 0.442 bits per heavy atom. The van der Waals surface area contributed by atoms with Crippen molar-refractivity contribution >= 4 is 10.9 Å². The number of nitrogens with zero attached hydrogens (tertiary/aromatic N) is 4.